The Hall–Kier alpha value is -2.14. The highest BCUT2D eigenvalue weighted by Crippen LogP contribution is 2.18. The first-order valence-electron chi connectivity index (χ1n) is 10.1. The van der Waals surface area contributed by atoms with Crippen molar-refractivity contribution in [1.82, 2.24) is 14.9 Å². The number of amides is 1. The van der Waals surface area contributed by atoms with E-state index in [1.165, 1.54) is 49.9 Å². The summed E-state index contributed by atoms with van der Waals surface area (Å²) in [6, 6.07) is 12.0. The van der Waals surface area contributed by atoms with Crippen LogP contribution in [-0.2, 0) is 13.1 Å². The van der Waals surface area contributed by atoms with E-state index in [9.17, 15) is 4.79 Å². The molecule has 2 heterocycles. The second kappa shape index (κ2) is 10.3. The maximum atomic E-state index is 12.3. The van der Waals surface area contributed by atoms with Crippen molar-refractivity contribution in [3.63, 3.8) is 0 Å². The zero-order valence-corrected chi connectivity index (χ0v) is 16.9. The van der Waals surface area contributed by atoms with Crippen molar-refractivity contribution in [2.45, 2.75) is 65.0 Å². The standard InChI is InChI=1S/C22H29N3OS/c1-2-3-4-5-6-7-10-15-25-19-13-9-8-12-18(19)24-21(25)17-23-22(26)20-14-11-16-27-20/h8-9,11-14,16H,2-7,10,15,17H2,1H3,(H,23,26). The van der Waals surface area contributed by atoms with Crippen molar-refractivity contribution in [1.29, 1.82) is 0 Å². The third-order valence-corrected chi connectivity index (χ3v) is 5.74. The van der Waals surface area contributed by atoms with E-state index in [2.05, 4.69) is 28.9 Å². The minimum Gasteiger partial charge on any atom is -0.344 e. The maximum absolute atomic E-state index is 12.3. The van der Waals surface area contributed by atoms with Gasteiger partial charge in [-0.15, -0.1) is 11.3 Å². The Morgan fingerprint density at radius 1 is 1.04 bits per heavy atom. The molecule has 0 saturated heterocycles. The zero-order chi connectivity index (χ0) is 18.9. The van der Waals surface area contributed by atoms with Crippen molar-refractivity contribution >= 4 is 28.3 Å². The van der Waals surface area contributed by atoms with E-state index in [1.807, 2.05) is 29.6 Å². The Balaban J connectivity index is 1.60. The van der Waals surface area contributed by atoms with Crippen LogP contribution in [0.25, 0.3) is 11.0 Å². The van der Waals surface area contributed by atoms with Crippen LogP contribution in [0.3, 0.4) is 0 Å². The Morgan fingerprint density at radius 2 is 1.81 bits per heavy atom. The number of nitrogens with one attached hydrogen (secondary N) is 1. The average molecular weight is 384 g/mol. The van der Waals surface area contributed by atoms with Crippen molar-refractivity contribution in [2.75, 3.05) is 0 Å². The Bertz CT molecular complexity index is 838. The highest BCUT2D eigenvalue weighted by Gasteiger charge is 2.12. The lowest BCUT2D eigenvalue weighted by atomic mass is 10.1. The number of imidazole rings is 1. The number of carbonyl (C=O) groups is 1. The number of unbranched alkanes of at least 4 members (excludes halogenated alkanes) is 6. The molecule has 0 unspecified atom stereocenters. The number of rotatable bonds is 11. The number of aryl methyl sites for hydroxylation is 1. The Morgan fingerprint density at radius 3 is 2.59 bits per heavy atom. The summed E-state index contributed by atoms with van der Waals surface area (Å²) in [5.74, 6) is 0.909. The summed E-state index contributed by atoms with van der Waals surface area (Å²) < 4.78 is 2.27. The van der Waals surface area contributed by atoms with Crippen LogP contribution in [0.4, 0.5) is 0 Å². The van der Waals surface area contributed by atoms with E-state index in [0.717, 1.165) is 34.7 Å². The van der Waals surface area contributed by atoms with Crippen molar-refractivity contribution in [3.05, 3.63) is 52.5 Å². The molecule has 3 rings (SSSR count). The van der Waals surface area contributed by atoms with Gasteiger partial charge in [0.15, 0.2) is 0 Å². The van der Waals surface area contributed by atoms with Gasteiger partial charge >= 0.3 is 0 Å². The summed E-state index contributed by atoms with van der Waals surface area (Å²) in [5, 5.41) is 4.94. The van der Waals surface area contributed by atoms with Crippen LogP contribution in [0.5, 0.6) is 0 Å². The van der Waals surface area contributed by atoms with Crippen LogP contribution in [0.1, 0.15) is 67.4 Å². The summed E-state index contributed by atoms with van der Waals surface area (Å²) in [6.45, 7) is 3.67. The lowest BCUT2D eigenvalue weighted by Crippen LogP contribution is -2.24. The van der Waals surface area contributed by atoms with E-state index in [4.69, 9.17) is 4.98 Å². The van der Waals surface area contributed by atoms with Crippen LogP contribution < -0.4 is 5.32 Å². The smallest absolute Gasteiger partial charge is 0.261 e. The predicted octanol–water partition coefficient (Wildman–Crippen LogP) is 5.78. The molecule has 0 aliphatic carbocycles. The number of aromatic nitrogens is 2. The van der Waals surface area contributed by atoms with Gasteiger partial charge in [-0.05, 0) is 30.0 Å². The molecule has 0 bridgehead atoms. The van der Waals surface area contributed by atoms with Crippen molar-refractivity contribution in [2.24, 2.45) is 0 Å². The fourth-order valence-electron chi connectivity index (χ4n) is 3.39. The van der Waals surface area contributed by atoms with Gasteiger partial charge in [-0.3, -0.25) is 4.79 Å². The molecule has 0 atom stereocenters. The molecular weight excluding hydrogens is 354 g/mol. The summed E-state index contributed by atoms with van der Waals surface area (Å²) in [5.41, 5.74) is 2.16. The molecule has 27 heavy (non-hydrogen) atoms. The molecule has 0 saturated carbocycles. The second-order valence-electron chi connectivity index (χ2n) is 6.95. The molecule has 4 nitrogen and oxygen atoms in total. The van der Waals surface area contributed by atoms with Crippen molar-refractivity contribution < 1.29 is 4.79 Å². The molecule has 3 aromatic rings. The van der Waals surface area contributed by atoms with Gasteiger partial charge in [-0.25, -0.2) is 4.98 Å². The van der Waals surface area contributed by atoms with Crippen LogP contribution >= 0.6 is 11.3 Å². The second-order valence-corrected chi connectivity index (χ2v) is 7.90. The van der Waals surface area contributed by atoms with Gasteiger partial charge in [0.1, 0.15) is 5.82 Å². The molecule has 0 aliphatic rings. The lowest BCUT2D eigenvalue weighted by molar-refractivity contribution is 0.0953. The molecular formula is C22H29N3OS. The third-order valence-electron chi connectivity index (χ3n) is 4.87. The van der Waals surface area contributed by atoms with E-state index in [1.54, 1.807) is 0 Å². The number of carbonyl (C=O) groups excluding carboxylic acids is 1. The van der Waals surface area contributed by atoms with E-state index >= 15 is 0 Å². The maximum Gasteiger partial charge on any atom is 0.261 e. The van der Waals surface area contributed by atoms with Gasteiger partial charge in [-0.1, -0.05) is 63.6 Å². The van der Waals surface area contributed by atoms with E-state index in [-0.39, 0.29) is 5.91 Å². The highest BCUT2D eigenvalue weighted by atomic mass is 32.1. The number of hydrogen-bond donors (Lipinski definition) is 1. The molecule has 2 aromatic heterocycles. The molecule has 0 radical (unpaired) electrons. The largest absolute Gasteiger partial charge is 0.344 e. The zero-order valence-electron chi connectivity index (χ0n) is 16.1. The first-order valence-corrected chi connectivity index (χ1v) is 10.9. The fourth-order valence-corrected chi connectivity index (χ4v) is 4.03. The number of para-hydroxylation sites is 2. The first-order chi connectivity index (χ1) is 13.3. The minimum absolute atomic E-state index is 0.0282. The van der Waals surface area contributed by atoms with Gasteiger partial charge in [0.25, 0.3) is 5.91 Å². The number of nitrogens with zero attached hydrogens (tertiary/aromatic N) is 2. The minimum atomic E-state index is -0.0282. The molecule has 1 amide bonds. The molecule has 1 aromatic carbocycles. The van der Waals surface area contributed by atoms with Gasteiger partial charge in [0.05, 0.1) is 22.5 Å². The number of fused-ring (bicyclic) bond motifs is 1. The molecule has 0 aliphatic heterocycles. The lowest BCUT2D eigenvalue weighted by Gasteiger charge is -2.10. The molecule has 0 fully saturated rings. The molecule has 5 heteroatoms. The highest BCUT2D eigenvalue weighted by molar-refractivity contribution is 7.12. The monoisotopic (exact) mass is 383 g/mol. The van der Waals surface area contributed by atoms with E-state index in [0.29, 0.717) is 6.54 Å². The normalized spacial score (nSPS) is 11.1. The summed E-state index contributed by atoms with van der Waals surface area (Å²) in [4.78, 5) is 17.8. The summed E-state index contributed by atoms with van der Waals surface area (Å²) in [7, 11) is 0. The summed E-state index contributed by atoms with van der Waals surface area (Å²) in [6.07, 6.45) is 9.03. The number of hydrogen-bond acceptors (Lipinski definition) is 3. The van der Waals surface area contributed by atoms with Crippen molar-refractivity contribution in [3.8, 4) is 0 Å². The number of thiophene rings is 1. The van der Waals surface area contributed by atoms with Gasteiger partial charge in [-0.2, -0.15) is 0 Å². The fraction of sp³-hybridized carbons (Fsp3) is 0.455. The van der Waals surface area contributed by atoms with Gasteiger partial charge < -0.3 is 9.88 Å². The van der Waals surface area contributed by atoms with Gasteiger partial charge in [0, 0.05) is 6.54 Å². The SMILES string of the molecule is CCCCCCCCCn1c(CNC(=O)c2cccs2)nc2ccccc21. The van der Waals surface area contributed by atoms with Crippen LogP contribution in [0.2, 0.25) is 0 Å². The Labute approximate surface area is 165 Å². The Kier molecular flexibility index (Phi) is 7.45. The average Bonchev–Trinajstić information content (AvgIpc) is 3.34. The topological polar surface area (TPSA) is 46.9 Å². The number of benzene rings is 1. The quantitative estimate of drug-likeness (QED) is 0.427. The van der Waals surface area contributed by atoms with Crippen LogP contribution in [0, 0.1) is 0 Å². The summed E-state index contributed by atoms with van der Waals surface area (Å²) >= 11 is 1.46. The predicted molar refractivity (Wildman–Crippen MR) is 113 cm³/mol. The first kappa shape index (κ1) is 19.6. The molecule has 144 valence electrons. The van der Waals surface area contributed by atoms with Crippen LogP contribution in [0.15, 0.2) is 41.8 Å². The van der Waals surface area contributed by atoms with Gasteiger partial charge in [0.2, 0.25) is 0 Å². The molecule has 0 spiro atoms. The van der Waals surface area contributed by atoms with E-state index < -0.39 is 0 Å². The third kappa shape index (κ3) is 5.42. The van der Waals surface area contributed by atoms with Crippen LogP contribution in [-0.4, -0.2) is 15.5 Å². The molecule has 1 N–H and O–H groups in total.